The summed E-state index contributed by atoms with van der Waals surface area (Å²) in [6.07, 6.45) is 6.00. The smallest absolute Gasteiger partial charge is 0.0737 e. The van der Waals surface area contributed by atoms with Crippen molar-refractivity contribution in [2.45, 2.75) is 26.2 Å². The normalized spacial score (nSPS) is 21.4. The van der Waals surface area contributed by atoms with Gasteiger partial charge in [0.1, 0.15) is 0 Å². The minimum absolute atomic E-state index is 0.726. The van der Waals surface area contributed by atoms with Gasteiger partial charge in [-0.05, 0) is 55.5 Å². The van der Waals surface area contributed by atoms with Gasteiger partial charge in [-0.25, -0.2) is 0 Å². The molecule has 3 nitrogen and oxygen atoms in total. The maximum atomic E-state index is 6.02. The van der Waals surface area contributed by atoms with Crippen LogP contribution in [0.25, 0.3) is 10.9 Å². The average Bonchev–Trinajstić information content (AvgIpc) is 2.92. The quantitative estimate of drug-likeness (QED) is 0.779. The fourth-order valence-electron chi connectivity index (χ4n) is 3.38. The summed E-state index contributed by atoms with van der Waals surface area (Å²) in [6.45, 7) is 5.42. The number of benzene rings is 1. The van der Waals surface area contributed by atoms with Gasteiger partial charge in [0.05, 0.1) is 5.52 Å². The lowest BCUT2D eigenvalue weighted by atomic mass is 10.1. The summed E-state index contributed by atoms with van der Waals surface area (Å²) in [4.78, 5) is 4.37. The minimum Gasteiger partial charge on any atom is -0.383 e. The number of pyridine rings is 1. The summed E-state index contributed by atoms with van der Waals surface area (Å²) in [7, 11) is 0. The lowest BCUT2D eigenvalue weighted by molar-refractivity contribution is 0.476. The lowest BCUT2D eigenvalue weighted by Crippen LogP contribution is -2.27. The fraction of sp³-hybridized carbons (Fsp3) is 0.500. The van der Waals surface area contributed by atoms with Crippen LogP contribution >= 0.6 is 11.6 Å². The first-order chi connectivity index (χ1) is 10.7. The highest BCUT2D eigenvalue weighted by Crippen LogP contribution is 2.29. The van der Waals surface area contributed by atoms with Gasteiger partial charge >= 0.3 is 0 Å². The Morgan fingerprint density at radius 3 is 2.95 bits per heavy atom. The Balaban J connectivity index is 1.47. The van der Waals surface area contributed by atoms with Crippen molar-refractivity contribution < 1.29 is 0 Å². The molecule has 2 atom stereocenters. The van der Waals surface area contributed by atoms with Crippen molar-refractivity contribution in [2.75, 3.05) is 25.0 Å². The molecule has 22 heavy (non-hydrogen) atoms. The van der Waals surface area contributed by atoms with Crippen molar-refractivity contribution in [3.63, 3.8) is 0 Å². The Kier molecular flexibility index (Phi) is 5.16. The van der Waals surface area contributed by atoms with E-state index in [1.165, 1.54) is 19.3 Å². The molecule has 1 fully saturated rings. The molecule has 2 unspecified atom stereocenters. The molecule has 0 saturated heterocycles. The number of nitrogens with one attached hydrogen (secondary N) is 2. The van der Waals surface area contributed by atoms with Crippen LogP contribution in [0.5, 0.6) is 0 Å². The summed E-state index contributed by atoms with van der Waals surface area (Å²) < 4.78 is 0. The molecule has 1 heterocycles. The molecule has 1 aliphatic carbocycles. The third-order valence-corrected chi connectivity index (χ3v) is 4.79. The maximum absolute atomic E-state index is 6.02. The number of hydrogen-bond donors (Lipinski definition) is 2. The van der Waals surface area contributed by atoms with Crippen LogP contribution in [0.15, 0.2) is 30.5 Å². The van der Waals surface area contributed by atoms with E-state index in [1.54, 1.807) is 0 Å². The van der Waals surface area contributed by atoms with Gasteiger partial charge in [-0.2, -0.15) is 0 Å². The Morgan fingerprint density at radius 1 is 1.23 bits per heavy atom. The highest BCUT2D eigenvalue weighted by molar-refractivity contribution is 6.31. The first-order valence-corrected chi connectivity index (χ1v) is 8.59. The molecule has 0 amide bonds. The number of rotatable bonds is 6. The van der Waals surface area contributed by atoms with Crippen LogP contribution in [0.1, 0.15) is 26.2 Å². The predicted octanol–water partition coefficient (Wildman–Crippen LogP) is 4.33. The number of anilines is 1. The van der Waals surface area contributed by atoms with Crippen molar-refractivity contribution in [1.82, 2.24) is 10.3 Å². The number of halogens is 1. The molecule has 0 radical (unpaired) electrons. The zero-order valence-electron chi connectivity index (χ0n) is 13.1. The molecule has 0 spiro atoms. The molecule has 118 valence electrons. The number of fused-ring (bicyclic) bond motifs is 1. The van der Waals surface area contributed by atoms with Crippen LogP contribution in [0.2, 0.25) is 5.02 Å². The summed E-state index contributed by atoms with van der Waals surface area (Å²) in [6, 6.07) is 7.87. The standard InChI is InChI=1S/C18H24ClN3/c1-13-2-3-14(10-13)12-20-8-9-22-17-6-7-21-18-11-15(19)4-5-16(17)18/h4-7,11,13-14,20H,2-3,8-10,12H2,1H3,(H,21,22). The first kappa shape index (κ1) is 15.6. The monoisotopic (exact) mass is 317 g/mol. The van der Waals surface area contributed by atoms with Gasteiger partial charge in [-0.15, -0.1) is 0 Å². The molecule has 1 aromatic carbocycles. The summed E-state index contributed by atoms with van der Waals surface area (Å²) in [5.74, 6) is 1.79. The second-order valence-corrected chi connectivity index (χ2v) is 6.87. The molecule has 0 bridgehead atoms. The molecule has 3 rings (SSSR count). The third kappa shape index (κ3) is 3.90. The van der Waals surface area contributed by atoms with Crippen LogP contribution in [0.4, 0.5) is 5.69 Å². The van der Waals surface area contributed by atoms with Crippen molar-refractivity contribution in [2.24, 2.45) is 11.8 Å². The predicted molar refractivity (Wildman–Crippen MR) is 94.6 cm³/mol. The second kappa shape index (κ2) is 7.30. The van der Waals surface area contributed by atoms with Gasteiger partial charge in [0, 0.05) is 35.4 Å². The van der Waals surface area contributed by atoms with Gasteiger partial charge in [0.25, 0.3) is 0 Å². The average molecular weight is 318 g/mol. The molecule has 2 aromatic rings. The molecule has 4 heteroatoms. The van der Waals surface area contributed by atoms with E-state index in [-0.39, 0.29) is 0 Å². The van der Waals surface area contributed by atoms with Gasteiger partial charge < -0.3 is 10.6 Å². The lowest BCUT2D eigenvalue weighted by Gasteiger charge is -2.13. The summed E-state index contributed by atoms with van der Waals surface area (Å²) >= 11 is 6.02. The Morgan fingerprint density at radius 2 is 2.14 bits per heavy atom. The van der Waals surface area contributed by atoms with Crippen molar-refractivity contribution >= 4 is 28.2 Å². The highest BCUT2D eigenvalue weighted by Gasteiger charge is 2.20. The second-order valence-electron chi connectivity index (χ2n) is 6.44. The molecule has 1 saturated carbocycles. The largest absolute Gasteiger partial charge is 0.383 e. The van der Waals surface area contributed by atoms with E-state index in [0.717, 1.165) is 53.1 Å². The Hall–Kier alpha value is -1.32. The van der Waals surface area contributed by atoms with Crippen LogP contribution < -0.4 is 10.6 Å². The van der Waals surface area contributed by atoms with Crippen LogP contribution in [0.3, 0.4) is 0 Å². The van der Waals surface area contributed by atoms with E-state index in [9.17, 15) is 0 Å². The van der Waals surface area contributed by atoms with Crippen LogP contribution in [-0.2, 0) is 0 Å². The first-order valence-electron chi connectivity index (χ1n) is 8.21. The number of nitrogens with zero attached hydrogens (tertiary/aromatic N) is 1. The van der Waals surface area contributed by atoms with E-state index in [1.807, 2.05) is 30.5 Å². The van der Waals surface area contributed by atoms with Crippen LogP contribution in [0, 0.1) is 11.8 Å². The maximum Gasteiger partial charge on any atom is 0.0737 e. The fourth-order valence-corrected chi connectivity index (χ4v) is 3.54. The zero-order chi connectivity index (χ0) is 15.4. The molecule has 0 aliphatic heterocycles. The minimum atomic E-state index is 0.726. The van der Waals surface area contributed by atoms with E-state index in [2.05, 4.69) is 22.5 Å². The topological polar surface area (TPSA) is 37.0 Å². The summed E-state index contributed by atoms with van der Waals surface area (Å²) in [5.41, 5.74) is 2.06. The SMILES string of the molecule is CC1CCC(CNCCNc2ccnc3cc(Cl)ccc23)C1. The van der Waals surface area contributed by atoms with Gasteiger partial charge in [-0.3, -0.25) is 4.98 Å². The van der Waals surface area contributed by atoms with E-state index >= 15 is 0 Å². The van der Waals surface area contributed by atoms with Gasteiger partial charge in [0.15, 0.2) is 0 Å². The Bertz CT molecular complexity index is 629. The molecule has 1 aromatic heterocycles. The Labute approximate surface area is 137 Å². The van der Waals surface area contributed by atoms with Crippen LogP contribution in [-0.4, -0.2) is 24.6 Å². The zero-order valence-corrected chi connectivity index (χ0v) is 13.9. The van der Waals surface area contributed by atoms with Gasteiger partial charge in [0.2, 0.25) is 0 Å². The third-order valence-electron chi connectivity index (χ3n) is 4.56. The number of aromatic nitrogens is 1. The number of hydrogen-bond acceptors (Lipinski definition) is 3. The van der Waals surface area contributed by atoms with Crippen molar-refractivity contribution in [3.8, 4) is 0 Å². The van der Waals surface area contributed by atoms with E-state index < -0.39 is 0 Å². The molecular formula is C18H24ClN3. The van der Waals surface area contributed by atoms with Crippen molar-refractivity contribution in [1.29, 1.82) is 0 Å². The molecular weight excluding hydrogens is 294 g/mol. The van der Waals surface area contributed by atoms with E-state index in [4.69, 9.17) is 11.6 Å². The van der Waals surface area contributed by atoms with E-state index in [0.29, 0.717) is 0 Å². The highest BCUT2D eigenvalue weighted by atomic mass is 35.5. The summed E-state index contributed by atoms with van der Waals surface area (Å²) in [5, 5.41) is 8.92. The molecule has 1 aliphatic rings. The molecule has 2 N–H and O–H groups in total. The van der Waals surface area contributed by atoms with Crippen molar-refractivity contribution in [3.05, 3.63) is 35.5 Å². The van der Waals surface area contributed by atoms with Gasteiger partial charge in [-0.1, -0.05) is 24.9 Å².